The summed E-state index contributed by atoms with van der Waals surface area (Å²) in [5.74, 6) is 1.11. The molecule has 34 heavy (non-hydrogen) atoms. The second-order valence-electron chi connectivity index (χ2n) is 8.30. The van der Waals surface area contributed by atoms with E-state index in [1.165, 1.54) is 0 Å². The predicted octanol–water partition coefficient (Wildman–Crippen LogP) is 6.07. The van der Waals surface area contributed by atoms with Gasteiger partial charge in [0.05, 0.1) is 19.6 Å². The van der Waals surface area contributed by atoms with Crippen LogP contribution in [0.25, 0.3) is 0 Å². The molecule has 1 N–H and O–H groups in total. The standard InChI is InChI=1S/C30H29NO3/c1-33-27-19-18-26(20-28(27)34-2)31-29(32)30(25-16-10-5-11-17-25,21-23-12-6-3-7-13-23)22-24-14-8-4-9-15-24/h3-20H,21-22H2,1-2H3,(H,31,32). The van der Waals surface area contributed by atoms with Gasteiger partial charge in [0.1, 0.15) is 0 Å². The fourth-order valence-corrected chi connectivity index (χ4v) is 4.37. The van der Waals surface area contributed by atoms with Gasteiger partial charge in [-0.05, 0) is 41.7 Å². The highest BCUT2D eigenvalue weighted by Crippen LogP contribution is 2.36. The van der Waals surface area contributed by atoms with Crippen molar-refractivity contribution < 1.29 is 14.3 Å². The Morgan fingerprint density at radius 3 is 1.68 bits per heavy atom. The number of amides is 1. The average molecular weight is 452 g/mol. The fourth-order valence-electron chi connectivity index (χ4n) is 4.37. The molecule has 0 heterocycles. The summed E-state index contributed by atoms with van der Waals surface area (Å²) in [5, 5.41) is 3.17. The van der Waals surface area contributed by atoms with Crippen molar-refractivity contribution >= 4 is 11.6 Å². The van der Waals surface area contributed by atoms with E-state index in [9.17, 15) is 4.79 Å². The first-order chi connectivity index (χ1) is 16.6. The largest absolute Gasteiger partial charge is 0.493 e. The molecule has 0 unspecified atom stereocenters. The Bertz CT molecular complexity index is 1170. The summed E-state index contributed by atoms with van der Waals surface area (Å²) in [6, 6.07) is 35.8. The summed E-state index contributed by atoms with van der Waals surface area (Å²) in [5.41, 5.74) is 3.01. The molecule has 4 nitrogen and oxygen atoms in total. The lowest BCUT2D eigenvalue weighted by molar-refractivity contribution is -0.121. The van der Waals surface area contributed by atoms with Crippen molar-refractivity contribution in [2.45, 2.75) is 18.3 Å². The summed E-state index contributed by atoms with van der Waals surface area (Å²) >= 11 is 0. The molecule has 4 aromatic carbocycles. The number of methoxy groups -OCH3 is 2. The Labute approximate surface area is 201 Å². The van der Waals surface area contributed by atoms with E-state index in [-0.39, 0.29) is 5.91 Å². The number of anilines is 1. The first-order valence-corrected chi connectivity index (χ1v) is 11.3. The van der Waals surface area contributed by atoms with Crippen LogP contribution in [0.1, 0.15) is 16.7 Å². The van der Waals surface area contributed by atoms with Crippen LogP contribution in [0.5, 0.6) is 11.5 Å². The SMILES string of the molecule is COc1ccc(NC(=O)C(Cc2ccccc2)(Cc2ccccc2)c2ccccc2)cc1OC. The number of hydrogen-bond donors (Lipinski definition) is 1. The number of nitrogens with one attached hydrogen (secondary N) is 1. The van der Waals surface area contributed by atoms with Gasteiger partial charge in [-0.25, -0.2) is 0 Å². The van der Waals surface area contributed by atoms with Gasteiger partial charge in [0.25, 0.3) is 0 Å². The van der Waals surface area contributed by atoms with Gasteiger partial charge < -0.3 is 14.8 Å². The lowest BCUT2D eigenvalue weighted by atomic mass is 9.70. The number of benzene rings is 4. The van der Waals surface area contributed by atoms with Crippen LogP contribution in [0.3, 0.4) is 0 Å². The van der Waals surface area contributed by atoms with E-state index in [1.807, 2.05) is 72.8 Å². The molecule has 0 spiro atoms. The fraction of sp³-hybridized carbons (Fsp3) is 0.167. The first-order valence-electron chi connectivity index (χ1n) is 11.3. The second-order valence-corrected chi connectivity index (χ2v) is 8.30. The molecule has 0 saturated heterocycles. The molecule has 4 aromatic rings. The van der Waals surface area contributed by atoms with Crippen molar-refractivity contribution in [2.24, 2.45) is 0 Å². The molecule has 0 saturated carbocycles. The molecule has 4 heteroatoms. The van der Waals surface area contributed by atoms with E-state index < -0.39 is 5.41 Å². The minimum Gasteiger partial charge on any atom is -0.493 e. The summed E-state index contributed by atoms with van der Waals surface area (Å²) in [6.45, 7) is 0. The van der Waals surface area contributed by atoms with Gasteiger partial charge >= 0.3 is 0 Å². The second kappa shape index (κ2) is 10.7. The smallest absolute Gasteiger partial charge is 0.235 e. The number of ether oxygens (including phenoxy) is 2. The average Bonchev–Trinajstić information content (AvgIpc) is 2.89. The van der Waals surface area contributed by atoms with Crippen molar-refractivity contribution in [2.75, 3.05) is 19.5 Å². The Morgan fingerprint density at radius 2 is 1.18 bits per heavy atom. The van der Waals surface area contributed by atoms with E-state index in [1.54, 1.807) is 26.4 Å². The molecule has 1 amide bonds. The quantitative estimate of drug-likeness (QED) is 0.336. The van der Waals surface area contributed by atoms with E-state index in [0.29, 0.717) is 30.0 Å². The maximum atomic E-state index is 14.2. The van der Waals surface area contributed by atoms with Crippen LogP contribution in [0.2, 0.25) is 0 Å². The van der Waals surface area contributed by atoms with Crippen molar-refractivity contribution in [1.82, 2.24) is 0 Å². The van der Waals surface area contributed by atoms with E-state index in [2.05, 4.69) is 29.6 Å². The molecule has 0 bridgehead atoms. The monoisotopic (exact) mass is 451 g/mol. The summed E-state index contributed by atoms with van der Waals surface area (Å²) < 4.78 is 10.8. The molecular formula is C30H29NO3. The summed E-state index contributed by atoms with van der Waals surface area (Å²) in [7, 11) is 3.18. The zero-order valence-electron chi connectivity index (χ0n) is 19.5. The lowest BCUT2D eigenvalue weighted by Crippen LogP contribution is -2.44. The third kappa shape index (κ3) is 5.12. The van der Waals surface area contributed by atoms with Crippen molar-refractivity contribution in [1.29, 1.82) is 0 Å². The van der Waals surface area contributed by atoms with E-state index >= 15 is 0 Å². The molecule has 0 aliphatic rings. The van der Waals surface area contributed by atoms with Gasteiger partial charge in [0.15, 0.2) is 11.5 Å². The maximum Gasteiger partial charge on any atom is 0.235 e. The van der Waals surface area contributed by atoms with Crippen LogP contribution in [-0.4, -0.2) is 20.1 Å². The van der Waals surface area contributed by atoms with Crippen LogP contribution < -0.4 is 14.8 Å². The number of hydrogen-bond acceptors (Lipinski definition) is 3. The van der Waals surface area contributed by atoms with E-state index in [0.717, 1.165) is 16.7 Å². The van der Waals surface area contributed by atoms with Crippen molar-refractivity contribution in [3.05, 3.63) is 126 Å². The van der Waals surface area contributed by atoms with Crippen LogP contribution in [0.15, 0.2) is 109 Å². The highest BCUT2D eigenvalue weighted by molar-refractivity contribution is 6.00. The minimum atomic E-state index is -0.822. The topological polar surface area (TPSA) is 47.6 Å². The lowest BCUT2D eigenvalue weighted by Gasteiger charge is -2.34. The molecule has 172 valence electrons. The molecule has 0 radical (unpaired) electrons. The minimum absolute atomic E-state index is 0.0707. The van der Waals surface area contributed by atoms with Crippen molar-refractivity contribution in [3.63, 3.8) is 0 Å². The van der Waals surface area contributed by atoms with Gasteiger partial charge in [-0.1, -0.05) is 91.0 Å². The molecular weight excluding hydrogens is 422 g/mol. The van der Waals surface area contributed by atoms with Crippen LogP contribution in [0, 0.1) is 0 Å². The zero-order valence-corrected chi connectivity index (χ0v) is 19.5. The van der Waals surface area contributed by atoms with Crippen LogP contribution in [-0.2, 0) is 23.1 Å². The molecule has 0 aromatic heterocycles. The summed E-state index contributed by atoms with van der Waals surface area (Å²) in [4.78, 5) is 14.2. The molecule has 0 fully saturated rings. The summed E-state index contributed by atoms with van der Waals surface area (Å²) in [6.07, 6.45) is 1.12. The maximum absolute atomic E-state index is 14.2. The number of carbonyl (C=O) groups is 1. The highest BCUT2D eigenvalue weighted by atomic mass is 16.5. The van der Waals surface area contributed by atoms with Crippen LogP contribution in [0.4, 0.5) is 5.69 Å². The van der Waals surface area contributed by atoms with Gasteiger partial charge in [-0.15, -0.1) is 0 Å². The van der Waals surface area contributed by atoms with Gasteiger partial charge in [0.2, 0.25) is 5.91 Å². The zero-order chi connectivity index (χ0) is 23.8. The van der Waals surface area contributed by atoms with Crippen LogP contribution >= 0.6 is 0 Å². The van der Waals surface area contributed by atoms with Crippen molar-refractivity contribution in [3.8, 4) is 11.5 Å². The van der Waals surface area contributed by atoms with Gasteiger partial charge in [0, 0.05) is 11.8 Å². The Kier molecular flexibility index (Phi) is 7.28. The van der Waals surface area contributed by atoms with E-state index in [4.69, 9.17) is 9.47 Å². The molecule has 0 aliphatic heterocycles. The number of carbonyl (C=O) groups excluding carboxylic acids is 1. The Hall–Kier alpha value is -4.05. The van der Waals surface area contributed by atoms with Gasteiger partial charge in [-0.2, -0.15) is 0 Å². The highest BCUT2D eigenvalue weighted by Gasteiger charge is 2.40. The third-order valence-electron chi connectivity index (χ3n) is 6.10. The predicted molar refractivity (Wildman–Crippen MR) is 137 cm³/mol. The molecule has 4 rings (SSSR count). The first kappa shape index (κ1) is 23.1. The Morgan fingerprint density at radius 1 is 0.676 bits per heavy atom. The Balaban J connectivity index is 1.80. The molecule has 0 aliphatic carbocycles. The molecule has 0 atom stereocenters. The normalized spacial score (nSPS) is 11.0. The van der Waals surface area contributed by atoms with Gasteiger partial charge in [-0.3, -0.25) is 4.79 Å². The third-order valence-corrected chi connectivity index (χ3v) is 6.10. The number of rotatable bonds is 9.